The summed E-state index contributed by atoms with van der Waals surface area (Å²) in [5.41, 5.74) is 8.90. The molecule has 1 heterocycles. The molecule has 1 aromatic heterocycles. The largest absolute Gasteiger partial charge is 0.383 e. The number of para-hydroxylation sites is 1. The Bertz CT molecular complexity index is 704. The van der Waals surface area contributed by atoms with Gasteiger partial charge in [-0.25, -0.2) is 4.68 Å². The van der Waals surface area contributed by atoms with Gasteiger partial charge in [-0.1, -0.05) is 54.1 Å². The molecule has 0 saturated heterocycles. The number of benzene rings is 2. The molecule has 3 rings (SSSR count). The SMILES string of the molecule is Nc1c(-c2ccccc2)cnn1-c1ccccc1Cl. The molecule has 94 valence electrons. The van der Waals surface area contributed by atoms with Crippen molar-refractivity contribution in [3.05, 3.63) is 65.8 Å². The Morgan fingerprint density at radius 3 is 2.37 bits per heavy atom. The molecule has 0 amide bonds. The molecule has 3 nitrogen and oxygen atoms in total. The minimum Gasteiger partial charge on any atom is -0.383 e. The fraction of sp³-hybridized carbons (Fsp3) is 0. The van der Waals surface area contributed by atoms with Crippen molar-refractivity contribution in [3.63, 3.8) is 0 Å². The fourth-order valence-electron chi connectivity index (χ4n) is 2.01. The summed E-state index contributed by atoms with van der Waals surface area (Å²) in [4.78, 5) is 0. The summed E-state index contributed by atoms with van der Waals surface area (Å²) in [7, 11) is 0. The summed E-state index contributed by atoms with van der Waals surface area (Å²) >= 11 is 6.17. The average molecular weight is 270 g/mol. The van der Waals surface area contributed by atoms with E-state index in [1.807, 2.05) is 54.6 Å². The molecule has 0 unspecified atom stereocenters. The topological polar surface area (TPSA) is 43.8 Å². The molecule has 0 atom stereocenters. The van der Waals surface area contributed by atoms with E-state index in [1.54, 1.807) is 10.9 Å². The van der Waals surface area contributed by atoms with E-state index in [0.717, 1.165) is 16.8 Å². The number of halogens is 1. The lowest BCUT2D eigenvalue weighted by Crippen LogP contribution is -2.02. The van der Waals surface area contributed by atoms with Gasteiger partial charge in [-0.2, -0.15) is 5.10 Å². The molecule has 0 aliphatic heterocycles. The van der Waals surface area contributed by atoms with E-state index in [1.165, 1.54) is 0 Å². The van der Waals surface area contributed by atoms with Crippen LogP contribution in [0.25, 0.3) is 16.8 Å². The molecule has 0 fully saturated rings. The Labute approximate surface area is 116 Å². The van der Waals surface area contributed by atoms with Gasteiger partial charge in [0.1, 0.15) is 5.82 Å². The summed E-state index contributed by atoms with van der Waals surface area (Å²) < 4.78 is 1.66. The second-order valence-electron chi connectivity index (χ2n) is 4.17. The maximum Gasteiger partial charge on any atom is 0.135 e. The summed E-state index contributed by atoms with van der Waals surface area (Å²) in [6, 6.07) is 17.4. The number of aromatic nitrogens is 2. The van der Waals surface area contributed by atoms with Crippen molar-refractivity contribution in [2.24, 2.45) is 0 Å². The van der Waals surface area contributed by atoms with Crippen molar-refractivity contribution in [1.29, 1.82) is 0 Å². The van der Waals surface area contributed by atoms with Gasteiger partial charge < -0.3 is 5.73 Å². The first-order valence-corrected chi connectivity index (χ1v) is 6.29. The van der Waals surface area contributed by atoms with Gasteiger partial charge in [0.15, 0.2) is 0 Å². The number of nitrogen functional groups attached to an aromatic ring is 1. The van der Waals surface area contributed by atoms with E-state index in [9.17, 15) is 0 Å². The first kappa shape index (κ1) is 11.8. The van der Waals surface area contributed by atoms with E-state index in [4.69, 9.17) is 17.3 Å². The predicted molar refractivity (Wildman–Crippen MR) is 78.4 cm³/mol. The van der Waals surface area contributed by atoms with Crippen molar-refractivity contribution >= 4 is 17.4 Å². The maximum atomic E-state index is 6.18. The van der Waals surface area contributed by atoms with Crippen LogP contribution in [0.15, 0.2) is 60.8 Å². The molecule has 2 aromatic carbocycles. The van der Waals surface area contributed by atoms with Crippen molar-refractivity contribution in [3.8, 4) is 16.8 Å². The molecule has 0 saturated carbocycles. The number of rotatable bonds is 2. The molecule has 4 heteroatoms. The third-order valence-electron chi connectivity index (χ3n) is 2.97. The van der Waals surface area contributed by atoms with Crippen LogP contribution in [-0.2, 0) is 0 Å². The number of hydrogen-bond donors (Lipinski definition) is 1. The highest BCUT2D eigenvalue weighted by Crippen LogP contribution is 2.29. The van der Waals surface area contributed by atoms with Crippen molar-refractivity contribution in [1.82, 2.24) is 9.78 Å². The maximum absolute atomic E-state index is 6.18. The van der Waals surface area contributed by atoms with Gasteiger partial charge in [0, 0.05) is 5.56 Å². The van der Waals surface area contributed by atoms with E-state index in [2.05, 4.69) is 5.10 Å². The molecule has 2 N–H and O–H groups in total. The van der Waals surface area contributed by atoms with Crippen molar-refractivity contribution in [2.75, 3.05) is 5.73 Å². The van der Waals surface area contributed by atoms with Crippen LogP contribution in [0.5, 0.6) is 0 Å². The van der Waals surface area contributed by atoms with Gasteiger partial charge in [0.05, 0.1) is 16.9 Å². The summed E-state index contributed by atoms with van der Waals surface area (Å²) in [5, 5.41) is 4.95. The number of nitrogens with two attached hydrogens (primary N) is 1. The molecule has 19 heavy (non-hydrogen) atoms. The minimum absolute atomic E-state index is 0.583. The summed E-state index contributed by atoms with van der Waals surface area (Å²) in [5.74, 6) is 0.583. The number of hydrogen-bond acceptors (Lipinski definition) is 2. The Morgan fingerprint density at radius 2 is 1.63 bits per heavy atom. The monoisotopic (exact) mass is 269 g/mol. The zero-order chi connectivity index (χ0) is 13.2. The highest BCUT2D eigenvalue weighted by molar-refractivity contribution is 6.32. The summed E-state index contributed by atoms with van der Waals surface area (Å²) in [6.45, 7) is 0. The first-order chi connectivity index (χ1) is 9.27. The van der Waals surface area contributed by atoms with Crippen LogP contribution < -0.4 is 5.73 Å². The second kappa shape index (κ2) is 4.78. The zero-order valence-corrected chi connectivity index (χ0v) is 10.9. The van der Waals surface area contributed by atoms with E-state index in [-0.39, 0.29) is 0 Å². The highest BCUT2D eigenvalue weighted by Gasteiger charge is 2.12. The van der Waals surface area contributed by atoms with Gasteiger partial charge in [0.25, 0.3) is 0 Å². The Morgan fingerprint density at radius 1 is 0.947 bits per heavy atom. The quantitative estimate of drug-likeness (QED) is 0.769. The van der Waals surface area contributed by atoms with E-state index in [0.29, 0.717) is 10.8 Å². The van der Waals surface area contributed by atoms with Crippen LogP contribution in [0.4, 0.5) is 5.82 Å². The van der Waals surface area contributed by atoms with Crippen LogP contribution in [-0.4, -0.2) is 9.78 Å². The zero-order valence-electron chi connectivity index (χ0n) is 10.1. The van der Waals surface area contributed by atoms with Gasteiger partial charge in [0.2, 0.25) is 0 Å². The van der Waals surface area contributed by atoms with Gasteiger partial charge >= 0.3 is 0 Å². The number of anilines is 1. The number of nitrogens with zero attached hydrogens (tertiary/aromatic N) is 2. The van der Waals surface area contributed by atoms with Crippen LogP contribution in [0.3, 0.4) is 0 Å². The van der Waals surface area contributed by atoms with Crippen LogP contribution in [0, 0.1) is 0 Å². The Kier molecular flexibility index (Phi) is 2.97. The molecular formula is C15H12ClN3. The van der Waals surface area contributed by atoms with Crippen LogP contribution >= 0.6 is 11.6 Å². The lowest BCUT2D eigenvalue weighted by Gasteiger charge is -2.07. The molecule has 3 aromatic rings. The fourth-order valence-corrected chi connectivity index (χ4v) is 2.23. The van der Waals surface area contributed by atoms with Gasteiger partial charge in [-0.05, 0) is 17.7 Å². The van der Waals surface area contributed by atoms with Gasteiger partial charge in [-0.3, -0.25) is 0 Å². The molecule has 0 bridgehead atoms. The normalized spacial score (nSPS) is 10.6. The van der Waals surface area contributed by atoms with Crippen molar-refractivity contribution in [2.45, 2.75) is 0 Å². The van der Waals surface area contributed by atoms with Crippen LogP contribution in [0.2, 0.25) is 5.02 Å². The van der Waals surface area contributed by atoms with E-state index < -0.39 is 0 Å². The minimum atomic E-state index is 0.583. The third kappa shape index (κ3) is 2.09. The molecule has 0 spiro atoms. The lowest BCUT2D eigenvalue weighted by molar-refractivity contribution is 0.891. The predicted octanol–water partition coefficient (Wildman–Crippen LogP) is 3.77. The van der Waals surface area contributed by atoms with Crippen molar-refractivity contribution < 1.29 is 0 Å². The smallest absolute Gasteiger partial charge is 0.135 e. The first-order valence-electron chi connectivity index (χ1n) is 5.91. The second-order valence-corrected chi connectivity index (χ2v) is 4.58. The molecule has 0 aliphatic rings. The molecular weight excluding hydrogens is 258 g/mol. The van der Waals surface area contributed by atoms with Gasteiger partial charge in [-0.15, -0.1) is 0 Å². The van der Waals surface area contributed by atoms with Crippen LogP contribution in [0.1, 0.15) is 0 Å². The summed E-state index contributed by atoms with van der Waals surface area (Å²) in [6.07, 6.45) is 1.76. The lowest BCUT2D eigenvalue weighted by atomic mass is 10.1. The standard InChI is InChI=1S/C15H12ClN3/c16-13-8-4-5-9-14(13)19-15(17)12(10-18-19)11-6-2-1-3-7-11/h1-10H,17H2. The highest BCUT2D eigenvalue weighted by atomic mass is 35.5. The molecule has 0 radical (unpaired) electrons. The molecule has 0 aliphatic carbocycles. The third-order valence-corrected chi connectivity index (χ3v) is 3.29. The van der Waals surface area contributed by atoms with E-state index >= 15 is 0 Å². The Balaban J connectivity index is 2.12. The average Bonchev–Trinajstić information content (AvgIpc) is 2.82. The Hall–Kier alpha value is -2.26.